The van der Waals surface area contributed by atoms with E-state index in [1.54, 1.807) is 19.1 Å². The van der Waals surface area contributed by atoms with Crippen LogP contribution in [0.15, 0.2) is 42.5 Å². The molecule has 1 amide bonds. The molecule has 2 aromatic carbocycles. The van der Waals surface area contributed by atoms with E-state index in [2.05, 4.69) is 0 Å². The molecule has 0 aromatic heterocycles. The Labute approximate surface area is 160 Å². The second-order valence-electron chi connectivity index (χ2n) is 6.34. The third-order valence-corrected chi connectivity index (χ3v) is 4.60. The lowest BCUT2D eigenvalue weighted by Gasteiger charge is -2.29. The fraction of sp³-hybridized carbons (Fsp3) is 0.318. The van der Waals surface area contributed by atoms with Gasteiger partial charge >= 0.3 is 0 Å². The molecule has 3 rings (SSSR count). The molecule has 0 spiro atoms. The first-order chi connectivity index (χ1) is 13.2. The number of fused-ring (bicyclic) bond motifs is 1. The second-order valence-corrected chi connectivity index (χ2v) is 6.34. The number of allylic oxidation sites excluding steroid dienone is 1. The number of carbonyl (C=O) groups excluding carboxylic acids is 1. The third kappa shape index (κ3) is 4.25. The molecular weight excluding hydrogens is 342 g/mol. The Morgan fingerprint density at radius 1 is 1.11 bits per heavy atom. The van der Waals surface area contributed by atoms with Crippen molar-refractivity contribution in [2.24, 2.45) is 0 Å². The van der Waals surface area contributed by atoms with Crippen molar-refractivity contribution in [1.29, 1.82) is 0 Å². The summed E-state index contributed by atoms with van der Waals surface area (Å²) in [6.45, 7) is 2.62. The zero-order valence-electron chi connectivity index (χ0n) is 16.0. The van der Waals surface area contributed by atoms with E-state index in [-0.39, 0.29) is 12.5 Å². The Morgan fingerprint density at radius 2 is 1.96 bits per heavy atom. The highest BCUT2D eigenvalue weighted by Crippen LogP contribution is 2.32. The molecule has 142 valence electrons. The first-order valence-corrected chi connectivity index (χ1v) is 9.07. The number of hydrogen-bond donors (Lipinski definition) is 0. The average molecular weight is 367 g/mol. The number of carbonyl (C=O) groups is 1. The van der Waals surface area contributed by atoms with Crippen molar-refractivity contribution < 1.29 is 19.0 Å². The standard InChI is InChI=1S/C22H25NO4/c1-4-6-16-8-11-20(21(13-16)26-3)27-15-22(24)23-12-5-7-17-14-18(25-2)9-10-19(17)23/h4,6,8-11,13-14H,5,7,12,15H2,1-3H3/b6-4+. The van der Waals surface area contributed by atoms with Gasteiger partial charge in [0.1, 0.15) is 5.75 Å². The number of amides is 1. The molecular formula is C22H25NO4. The van der Waals surface area contributed by atoms with Gasteiger partial charge in [-0.25, -0.2) is 0 Å². The first kappa shape index (κ1) is 18.8. The molecule has 1 heterocycles. The summed E-state index contributed by atoms with van der Waals surface area (Å²) in [5.41, 5.74) is 3.08. The summed E-state index contributed by atoms with van der Waals surface area (Å²) in [5, 5.41) is 0. The van der Waals surface area contributed by atoms with Gasteiger partial charge in [-0.1, -0.05) is 18.2 Å². The molecule has 0 atom stereocenters. The van der Waals surface area contributed by atoms with E-state index in [0.29, 0.717) is 18.0 Å². The Morgan fingerprint density at radius 3 is 2.70 bits per heavy atom. The van der Waals surface area contributed by atoms with Gasteiger partial charge in [-0.2, -0.15) is 0 Å². The molecule has 27 heavy (non-hydrogen) atoms. The average Bonchev–Trinajstić information content (AvgIpc) is 2.71. The van der Waals surface area contributed by atoms with Crippen LogP contribution >= 0.6 is 0 Å². The van der Waals surface area contributed by atoms with Crippen LogP contribution in [0.25, 0.3) is 6.08 Å². The Balaban J connectivity index is 1.72. The van der Waals surface area contributed by atoms with Crippen LogP contribution < -0.4 is 19.1 Å². The van der Waals surface area contributed by atoms with E-state index >= 15 is 0 Å². The van der Waals surface area contributed by atoms with Crippen molar-refractivity contribution in [3.8, 4) is 17.2 Å². The van der Waals surface area contributed by atoms with Crippen LogP contribution in [0.5, 0.6) is 17.2 Å². The summed E-state index contributed by atoms with van der Waals surface area (Å²) in [7, 11) is 3.24. The monoisotopic (exact) mass is 367 g/mol. The van der Waals surface area contributed by atoms with Crippen LogP contribution in [0, 0.1) is 0 Å². The summed E-state index contributed by atoms with van der Waals surface area (Å²) < 4.78 is 16.5. The first-order valence-electron chi connectivity index (χ1n) is 9.07. The van der Waals surface area contributed by atoms with Crippen LogP contribution in [0.4, 0.5) is 5.69 Å². The van der Waals surface area contributed by atoms with Gasteiger partial charge in [0, 0.05) is 12.2 Å². The quantitative estimate of drug-likeness (QED) is 0.771. The van der Waals surface area contributed by atoms with Gasteiger partial charge < -0.3 is 19.1 Å². The largest absolute Gasteiger partial charge is 0.497 e. The third-order valence-electron chi connectivity index (χ3n) is 4.60. The number of anilines is 1. The molecule has 1 aliphatic rings. The summed E-state index contributed by atoms with van der Waals surface area (Å²) in [6, 6.07) is 11.5. The molecule has 0 saturated carbocycles. The lowest BCUT2D eigenvalue weighted by Crippen LogP contribution is -2.38. The molecule has 0 aliphatic carbocycles. The van der Waals surface area contributed by atoms with Gasteiger partial charge in [-0.3, -0.25) is 4.79 Å². The SMILES string of the molecule is C/C=C/c1ccc(OCC(=O)N2CCCc3cc(OC)ccc32)c(OC)c1. The van der Waals surface area contributed by atoms with Crippen LogP contribution in [-0.2, 0) is 11.2 Å². The smallest absolute Gasteiger partial charge is 0.264 e. The number of hydrogen-bond acceptors (Lipinski definition) is 4. The van der Waals surface area contributed by atoms with E-state index in [1.807, 2.05) is 55.5 Å². The van der Waals surface area contributed by atoms with Gasteiger partial charge in [-0.05, 0) is 61.2 Å². The summed E-state index contributed by atoms with van der Waals surface area (Å²) in [4.78, 5) is 14.6. The van der Waals surface area contributed by atoms with Crippen LogP contribution in [0.2, 0.25) is 0 Å². The predicted molar refractivity (Wildman–Crippen MR) is 107 cm³/mol. The Hall–Kier alpha value is -2.95. The molecule has 0 radical (unpaired) electrons. The summed E-state index contributed by atoms with van der Waals surface area (Å²) in [6.07, 6.45) is 5.81. The Bertz CT molecular complexity index is 844. The molecule has 2 aromatic rings. The molecule has 0 unspecified atom stereocenters. The van der Waals surface area contributed by atoms with Gasteiger partial charge in [-0.15, -0.1) is 0 Å². The van der Waals surface area contributed by atoms with E-state index < -0.39 is 0 Å². The van der Waals surface area contributed by atoms with Gasteiger partial charge in [0.05, 0.1) is 14.2 Å². The zero-order valence-corrected chi connectivity index (χ0v) is 16.0. The van der Waals surface area contributed by atoms with Crippen molar-refractivity contribution in [3.05, 3.63) is 53.6 Å². The minimum absolute atomic E-state index is 0.0369. The van der Waals surface area contributed by atoms with Crippen LogP contribution in [0.3, 0.4) is 0 Å². The fourth-order valence-corrected chi connectivity index (χ4v) is 3.28. The molecule has 0 saturated heterocycles. The Kier molecular flexibility index (Phi) is 6.01. The highest BCUT2D eigenvalue weighted by Gasteiger charge is 2.23. The normalized spacial score (nSPS) is 13.4. The number of methoxy groups -OCH3 is 2. The highest BCUT2D eigenvalue weighted by molar-refractivity contribution is 5.95. The van der Waals surface area contributed by atoms with E-state index in [4.69, 9.17) is 14.2 Å². The lowest BCUT2D eigenvalue weighted by atomic mass is 10.0. The zero-order chi connectivity index (χ0) is 19.2. The van der Waals surface area contributed by atoms with Gasteiger partial charge in [0.2, 0.25) is 0 Å². The number of aryl methyl sites for hydroxylation is 1. The van der Waals surface area contributed by atoms with Crippen molar-refractivity contribution in [3.63, 3.8) is 0 Å². The molecule has 0 bridgehead atoms. The molecule has 0 N–H and O–H groups in total. The minimum Gasteiger partial charge on any atom is -0.497 e. The fourth-order valence-electron chi connectivity index (χ4n) is 3.28. The summed E-state index contributed by atoms with van der Waals surface area (Å²) in [5.74, 6) is 1.92. The topological polar surface area (TPSA) is 48.0 Å². The number of ether oxygens (including phenoxy) is 3. The van der Waals surface area contributed by atoms with Gasteiger partial charge in [0.15, 0.2) is 18.1 Å². The van der Waals surface area contributed by atoms with E-state index in [0.717, 1.165) is 35.4 Å². The van der Waals surface area contributed by atoms with E-state index in [9.17, 15) is 4.79 Å². The maximum Gasteiger partial charge on any atom is 0.264 e. The van der Waals surface area contributed by atoms with Crippen molar-refractivity contribution in [1.82, 2.24) is 0 Å². The lowest BCUT2D eigenvalue weighted by molar-refractivity contribution is -0.120. The van der Waals surface area contributed by atoms with Crippen LogP contribution in [0.1, 0.15) is 24.5 Å². The van der Waals surface area contributed by atoms with Crippen molar-refractivity contribution in [2.75, 3.05) is 32.3 Å². The van der Waals surface area contributed by atoms with Gasteiger partial charge in [0.25, 0.3) is 5.91 Å². The number of benzene rings is 2. The van der Waals surface area contributed by atoms with Crippen molar-refractivity contribution >= 4 is 17.7 Å². The molecule has 5 heteroatoms. The number of rotatable bonds is 6. The molecule has 0 fully saturated rings. The van der Waals surface area contributed by atoms with Crippen LogP contribution in [-0.4, -0.2) is 33.3 Å². The maximum absolute atomic E-state index is 12.8. The second kappa shape index (κ2) is 8.62. The minimum atomic E-state index is -0.0688. The molecule has 1 aliphatic heterocycles. The molecule has 5 nitrogen and oxygen atoms in total. The van der Waals surface area contributed by atoms with Crippen molar-refractivity contribution in [2.45, 2.75) is 19.8 Å². The maximum atomic E-state index is 12.8. The van der Waals surface area contributed by atoms with E-state index in [1.165, 1.54) is 0 Å². The predicted octanol–water partition coefficient (Wildman–Crippen LogP) is 4.10. The number of nitrogens with zero attached hydrogens (tertiary/aromatic N) is 1. The summed E-state index contributed by atoms with van der Waals surface area (Å²) >= 11 is 0. The highest BCUT2D eigenvalue weighted by atomic mass is 16.5.